The summed E-state index contributed by atoms with van der Waals surface area (Å²) < 4.78 is 23.3. The van der Waals surface area contributed by atoms with Gasteiger partial charge in [0.25, 0.3) is 0 Å². The molecule has 2 aliphatic heterocycles. The molecule has 4 nitrogen and oxygen atoms in total. The molecule has 0 radical (unpaired) electrons. The van der Waals surface area contributed by atoms with E-state index in [0.717, 1.165) is 32.6 Å². The third-order valence-electron chi connectivity index (χ3n) is 4.39. The maximum Gasteiger partial charge on any atom is 0.152 e. The Bertz CT molecular complexity index is 382. The summed E-state index contributed by atoms with van der Waals surface area (Å²) in [7, 11) is -2.79. The third kappa shape index (κ3) is 3.25. The molecule has 2 saturated heterocycles. The SMILES string of the molecule is CCCNCC1CCN(C2(C)CCS(=O)(=O)C2)C1. The number of rotatable bonds is 5. The fourth-order valence-corrected chi connectivity index (χ4v) is 5.38. The summed E-state index contributed by atoms with van der Waals surface area (Å²) in [5, 5.41) is 3.47. The highest BCUT2D eigenvalue weighted by Gasteiger charge is 2.44. The molecule has 0 bridgehead atoms. The molecule has 0 amide bonds. The van der Waals surface area contributed by atoms with Crippen LogP contribution in [0.1, 0.15) is 33.1 Å². The molecular weight excluding hydrogens is 248 g/mol. The van der Waals surface area contributed by atoms with E-state index in [1.807, 2.05) is 0 Å². The zero-order chi connectivity index (χ0) is 13.2. The lowest BCUT2D eigenvalue weighted by molar-refractivity contribution is 0.155. The molecule has 0 aromatic heterocycles. The van der Waals surface area contributed by atoms with E-state index in [9.17, 15) is 8.42 Å². The van der Waals surface area contributed by atoms with Gasteiger partial charge in [0.1, 0.15) is 0 Å². The minimum Gasteiger partial charge on any atom is -0.316 e. The average molecular weight is 274 g/mol. The lowest BCUT2D eigenvalue weighted by Crippen LogP contribution is -2.46. The maximum atomic E-state index is 11.7. The molecule has 5 heteroatoms. The highest BCUT2D eigenvalue weighted by atomic mass is 32.2. The van der Waals surface area contributed by atoms with E-state index in [2.05, 4.69) is 24.1 Å². The molecule has 0 aromatic rings. The molecule has 2 heterocycles. The van der Waals surface area contributed by atoms with Gasteiger partial charge in [-0.05, 0) is 51.7 Å². The van der Waals surface area contributed by atoms with Gasteiger partial charge in [-0.25, -0.2) is 8.42 Å². The Labute approximate surface area is 111 Å². The first kappa shape index (κ1) is 14.3. The van der Waals surface area contributed by atoms with E-state index in [0.29, 0.717) is 17.4 Å². The van der Waals surface area contributed by atoms with Gasteiger partial charge in [-0.1, -0.05) is 6.92 Å². The second-order valence-corrected chi connectivity index (χ2v) is 8.33. The summed E-state index contributed by atoms with van der Waals surface area (Å²) in [5.74, 6) is 1.42. The van der Waals surface area contributed by atoms with Gasteiger partial charge >= 0.3 is 0 Å². The summed E-state index contributed by atoms with van der Waals surface area (Å²) in [4.78, 5) is 2.41. The third-order valence-corrected chi connectivity index (χ3v) is 6.28. The van der Waals surface area contributed by atoms with E-state index < -0.39 is 9.84 Å². The summed E-state index contributed by atoms with van der Waals surface area (Å²) in [6.07, 6.45) is 3.18. The summed E-state index contributed by atoms with van der Waals surface area (Å²) in [6.45, 7) is 8.58. The van der Waals surface area contributed by atoms with Crippen molar-refractivity contribution in [3.8, 4) is 0 Å². The van der Waals surface area contributed by atoms with Crippen LogP contribution in [0, 0.1) is 5.92 Å². The molecule has 0 aromatic carbocycles. The van der Waals surface area contributed by atoms with Gasteiger partial charge in [0.2, 0.25) is 0 Å². The van der Waals surface area contributed by atoms with Crippen LogP contribution >= 0.6 is 0 Å². The van der Waals surface area contributed by atoms with Crippen LogP contribution in [0.3, 0.4) is 0 Å². The van der Waals surface area contributed by atoms with Crippen LogP contribution in [0.2, 0.25) is 0 Å². The van der Waals surface area contributed by atoms with E-state index in [4.69, 9.17) is 0 Å². The van der Waals surface area contributed by atoms with E-state index in [1.165, 1.54) is 12.8 Å². The van der Waals surface area contributed by atoms with Gasteiger partial charge in [-0.2, -0.15) is 0 Å². The number of nitrogens with one attached hydrogen (secondary N) is 1. The second kappa shape index (κ2) is 5.47. The second-order valence-electron chi connectivity index (χ2n) is 6.14. The van der Waals surface area contributed by atoms with Crippen LogP contribution in [0.5, 0.6) is 0 Å². The summed E-state index contributed by atoms with van der Waals surface area (Å²) in [6, 6.07) is 0. The fraction of sp³-hybridized carbons (Fsp3) is 1.00. The van der Waals surface area contributed by atoms with Crippen molar-refractivity contribution in [1.29, 1.82) is 0 Å². The standard InChI is InChI=1S/C13H26N2O2S/c1-3-6-14-9-12-4-7-15(10-12)13(2)5-8-18(16,17)11-13/h12,14H,3-11H2,1-2H3. The highest BCUT2D eigenvalue weighted by Crippen LogP contribution is 2.33. The number of hydrogen-bond acceptors (Lipinski definition) is 4. The Morgan fingerprint density at radius 1 is 1.44 bits per heavy atom. The Hall–Kier alpha value is -0.130. The van der Waals surface area contributed by atoms with Gasteiger partial charge < -0.3 is 5.32 Å². The summed E-state index contributed by atoms with van der Waals surface area (Å²) in [5.41, 5.74) is -0.0989. The molecule has 106 valence electrons. The Balaban J connectivity index is 1.85. The molecule has 2 rings (SSSR count). The Morgan fingerprint density at radius 3 is 2.83 bits per heavy atom. The van der Waals surface area contributed by atoms with Gasteiger partial charge in [0.15, 0.2) is 9.84 Å². The van der Waals surface area contributed by atoms with Crippen molar-refractivity contribution in [3.63, 3.8) is 0 Å². The number of likely N-dealkylation sites (tertiary alicyclic amines) is 1. The zero-order valence-electron chi connectivity index (χ0n) is 11.6. The predicted molar refractivity (Wildman–Crippen MR) is 74.5 cm³/mol. The molecular formula is C13H26N2O2S. The molecule has 0 spiro atoms. The molecule has 2 unspecified atom stereocenters. The topological polar surface area (TPSA) is 49.4 Å². The van der Waals surface area contributed by atoms with Crippen molar-refractivity contribution in [2.45, 2.75) is 38.6 Å². The number of hydrogen-bond donors (Lipinski definition) is 1. The first-order chi connectivity index (χ1) is 8.45. The molecule has 2 aliphatic rings. The first-order valence-electron chi connectivity index (χ1n) is 7.11. The highest BCUT2D eigenvalue weighted by molar-refractivity contribution is 7.91. The molecule has 0 saturated carbocycles. The van der Waals surface area contributed by atoms with Gasteiger partial charge in [-0.3, -0.25) is 4.90 Å². The number of sulfone groups is 1. The van der Waals surface area contributed by atoms with Crippen LogP contribution in [-0.2, 0) is 9.84 Å². The van der Waals surface area contributed by atoms with Crippen LogP contribution in [0.25, 0.3) is 0 Å². The van der Waals surface area contributed by atoms with Crippen molar-refractivity contribution >= 4 is 9.84 Å². The lowest BCUT2D eigenvalue weighted by Gasteiger charge is -2.34. The van der Waals surface area contributed by atoms with E-state index in [-0.39, 0.29) is 5.54 Å². The predicted octanol–water partition coefficient (Wildman–Crippen LogP) is 0.885. The number of nitrogens with zero attached hydrogens (tertiary/aromatic N) is 1. The Kier molecular flexibility index (Phi) is 4.34. The van der Waals surface area contributed by atoms with Crippen molar-refractivity contribution in [1.82, 2.24) is 10.2 Å². The minimum atomic E-state index is -2.79. The fourth-order valence-electron chi connectivity index (χ4n) is 3.22. The molecule has 0 aliphatic carbocycles. The normalized spacial score (nSPS) is 36.2. The van der Waals surface area contributed by atoms with Gasteiger partial charge in [-0.15, -0.1) is 0 Å². The van der Waals surface area contributed by atoms with Crippen LogP contribution in [0.15, 0.2) is 0 Å². The Morgan fingerprint density at radius 2 is 2.22 bits per heavy atom. The minimum absolute atomic E-state index is 0.0989. The summed E-state index contributed by atoms with van der Waals surface area (Å²) >= 11 is 0. The van der Waals surface area contributed by atoms with Gasteiger partial charge in [0, 0.05) is 12.1 Å². The van der Waals surface area contributed by atoms with E-state index >= 15 is 0 Å². The quantitative estimate of drug-likeness (QED) is 0.756. The lowest BCUT2D eigenvalue weighted by atomic mass is 10.00. The molecule has 1 N–H and O–H groups in total. The zero-order valence-corrected chi connectivity index (χ0v) is 12.4. The largest absolute Gasteiger partial charge is 0.316 e. The van der Waals surface area contributed by atoms with Crippen molar-refractivity contribution in [2.75, 3.05) is 37.7 Å². The van der Waals surface area contributed by atoms with Crippen molar-refractivity contribution < 1.29 is 8.42 Å². The smallest absolute Gasteiger partial charge is 0.152 e. The molecule has 2 fully saturated rings. The maximum absolute atomic E-state index is 11.7. The van der Waals surface area contributed by atoms with Crippen LogP contribution in [-0.4, -0.2) is 56.5 Å². The van der Waals surface area contributed by atoms with Crippen LogP contribution in [0.4, 0.5) is 0 Å². The van der Waals surface area contributed by atoms with Crippen LogP contribution < -0.4 is 5.32 Å². The van der Waals surface area contributed by atoms with Crippen molar-refractivity contribution in [2.24, 2.45) is 5.92 Å². The molecule has 18 heavy (non-hydrogen) atoms. The molecule has 2 atom stereocenters. The van der Waals surface area contributed by atoms with Crippen molar-refractivity contribution in [3.05, 3.63) is 0 Å². The average Bonchev–Trinajstić information content (AvgIpc) is 2.85. The first-order valence-corrected chi connectivity index (χ1v) is 8.93. The van der Waals surface area contributed by atoms with Gasteiger partial charge in [0.05, 0.1) is 11.5 Å². The monoisotopic (exact) mass is 274 g/mol. The van der Waals surface area contributed by atoms with E-state index in [1.54, 1.807) is 0 Å².